The third-order valence-electron chi connectivity index (χ3n) is 2.88. The van der Waals surface area contributed by atoms with Gasteiger partial charge in [0.25, 0.3) is 0 Å². The molecule has 2 rings (SSSR count). The summed E-state index contributed by atoms with van der Waals surface area (Å²) in [5, 5.41) is 17.3. The number of rotatable bonds is 6. The zero-order valence-corrected chi connectivity index (χ0v) is 12.0. The molecule has 0 saturated heterocycles. The van der Waals surface area contributed by atoms with Crippen LogP contribution in [0.5, 0.6) is 0 Å². The van der Waals surface area contributed by atoms with E-state index in [1.54, 1.807) is 37.4 Å². The molecule has 0 amide bonds. The second-order valence-electron chi connectivity index (χ2n) is 4.44. The first-order valence-electron chi connectivity index (χ1n) is 6.65. The van der Waals surface area contributed by atoms with E-state index in [0.717, 1.165) is 5.69 Å². The summed E-state index contributed by atoms with van der Waals surface area (Å²) in [7, 11) is 0. The van der Waals surface area contributed by atoms with Crippen molar-refractivity contribution in [2.24, 2.45) is 0 Å². The van der Waals surface area contributed by atoms with Crippen molar-refractivity contribution in [3.8, 4) is 0 Å². The number of benzene rings is 1. The van der Waals surface area contributed by atoms with E-state index in [2.05, 4.69) is 20.6 Å². The SMILES string of the molecule is CCNc1cccc(NCc2ccnc(C)n2)c1[N+](=O)[O-]. The quantitative estimate of drug-likeness (QED) is 0.627. The van der Waals surface area contributed by atoms with Gasteiger partial charge in [0.2, 0.25) is 0 Å². The van der Waals surface area contributed by atoms with Crippen molar-refractivity contribution < 1.29 is 4.92 Å². The molecule has 110 valence electrons. The average molecular weight is 287 g/mol. The molecule has 1 aromatic heterocycles. The van der Waals surface area contributed by atoms with E-state index in [-0.39, 0.29) is 10.6 Å². The number of hydrogen-bond donors (Lipinski definition) is 2. The molecule has 0 radical (unpaired) electrons. The van der Waals surface area contributed by atoms with Crippen LogP contribution in [0.4, 0.5) is 17.1 Å². The highest BCUT2D eigenvalue weighted by atomic mass is 16.6. The van der Waals surface area contributed by atoms with E-state index >= 15 is 0 Å². The maximum Gasteiger partial charge on any atom is 0.315 e. The minimum absolute atomic E-state index is 0.0464. The zero-order chi connectivity index (χ0) is 15.2. The third kappa shape index (κ3) is 3.65. The van der Waals surface area contributed by atoms with Gasteiger partial charge in [-0.2, -0.15) is 0 Å². The van der Waals surface area contributed by atoms with Crippen LogP contribution in [-0.4, -0.2) is 21.4 Å². The summed E-state index contributed by atoms with van der Waals surface area (Å²) < 4.78 is 0. The van der Waals surface area contributed by atoms with E-state index in [1.807, 2.05) is 6.92 Å². The molecule has 1 aromatic carbocycles. The summed E-state index contributed by atoms with van der Waals surface area (Å²) in [6.45, 7) is 4.72. The van der Waals surface area contributed by atoms with E-state index in [0.29, 0.717) is 30.3 Å². The van der Waals surface area contributed by atoms with Crippen LogP contribution in [0.3, 0.4) is 0 Å². The van der Waals surface area contributed by atoms with E-state index in [1.165, 1.54) is 0 Å². The first kappa shape index (κ1) is 14.7. The van der Waals surface area contributed by atoms with E-state index < -0.39 is 0 Å². The number of aryl methyl sites for hydroxylation is 1. The van der Waals surface area contributed by atoms with Crippen LogP contribution in [0.2, 0.25) is 0 Å². The Balaban J connectivity index is 2.23. The minimum atomic E-state index is -0.383. The zero-order valence-electron chi connectivity index (χ0n) is 12.0. The lowest BCUT2D eigenvalue weighted by Crippen LogP contribution is -2.07. The van der Waals surface area contributed by atoms with Crippen molar-refractivity contribution in [1.29, 1.82) is 0 Å². The van der Waals surface area contributed by atoms with Crippen LogP contribution in [0.25, 0.3) is 0 Å². The van der Waals surface area contributed by atoms with Crippen molar-refractivity contribution in [3.05, 3.63) is 52.1 Å². The Morgan fingerprint density at radius 1 is 1.24 bits per heavy atom. The first-order chi connectivity index (χ1) is 10.1. The van der Waals surface area contributed by atoms with Crippen molar-refractivity contribution in [2.75, 3.05) is 17.2 Å². The van der Waals surface area contributed by atoms with Gasteiger partial charge < -0.3 is 10.6 Å². The molecule has 2 N–H and O–H groups in total. The summed E-state index contributed by atoms with van der Waals surface area (Å²) in [6.07, 6.45) is 1.67. The Morgan fingerprint density at radius 3 is 2.57 bits per heavy atom. The highest BCUT2D eigenvalue weighted by Gasteiger charge is 2.19. The first-order valence-corrected chi connectivity index (χ1v) is 6.65. The normalized spacial score (nSPS) is 10.2. The maximum absolute atomic E-state index is 11.3. The van der Waals surface area contributed by atoms with Gasteiger partial charge in [-0.25, -0.2) is 9.97 Å². The van der Waals surface area contributed by atoms with E-state index in [9.17, 15) is 10.1 Å². The highest BCUT2D eigenvalue weighted by molar-refractivity contribution is 5.76. The summed E-state index contributed by atoms with van der Waals surface area (Å²) in [4.78, 5) is 19.2. The van der Waals surface area contributed by atoms with Gasteiger partial charge in [0.1, 0.15) is 17.2 Å². The van der Waals surface area contributed by atoms with Gasteiger partial charge in [-0.3, -0.25) is 10.1 Å². The monoisotopic (exact) mass is 287 g/mol. The van der Waals surface area contributed by atoms with Crippen molar-refractivity contribution in [1.82, 2.24) is 9.97 Å². The van der Waals surface area contributed by atoms with Crippen molar-refractivity contribution >= 4 is 17.1 Å². The Hall–Kier alpha value is -2.70. The molecule has 0 atom stereocenters. The molecule has 0 aliphatic heterocycles. The largest absolute Gasteiger partial charge is 0.380 e. The van der Waals surface area contributed by atoms with Crippen LogP contribution < -0.4 is 10.6 Å². The lowest BCUT2D eigenvalue weighted by molar-refractivity contribution is -0.383. The van der Waals surface area contributed by atoms with Crippen LogP contribution in [0, 0.1) is 17.0 Å². The molecule has 0 aliphatic carbocycles. The fraction of sp³-hybridized carbons (Fsp3) is 0.286. The second kappa shape index (κ2) is 6.65. The van der Waals surface area contributed by atoms with Gasteiger partial charge in [-0.1, -0.05) is 6.07 Å². The van der Waals surface area contributed by atoms with Gasteiger partial charge in [0, 0.05) is 12.7 Å². The molecule has 1 heterocycles. The van der Waals surface area contributed by atoms with Gasteiger partial charge in [-0.05, 0) is 32.0 Å². The van der Waals surface area contributed by atoms with Gasteiger partial charge in [0.05, 0.1) is 17.2 Å². The lowest BCUT2D eigenvalue weighted by atomic mass is 10.2. The Morgan fingerprint density at radius 2 is 1.95 bits per heavy atom. The molecule has 0 fully saturated rings. The lowest BCUT2D eigenvalue weighted by Gasteiger charge is -2.10. The fourth-order valence-electron chi connectivity index (χ4n) is 2.01. The summed E-state index contributed by atoms with van der Waals surface area (Å²) in [5.74, 6) is 0.671. The van der Waals surface area contributed by atoms with Crippen LogP contribution in [-0.2, 0) is 6.54 Å². The highest BCUT2D eigenvalue weighted by Crippen LogP contribution is 2.32. The predicted octanol–water partition coefficient (Wildman–Crippen LogP) is 2.74. The molecule has 0 aliphatic rings. The number of nitrogens with zero attached hydrogens (tertiary/aromatic N) is 3. The van der Waals surface area contributed by atoms with Gasteiger partial charge in [0.15, 0.2) is 0 Å². The molecular formula is C14H17N5O2. The Labute approximate surface area is 122 Å². The molecule has 21 heavy (non-hydrogen) atoms. The number of nitrogens with one attached hydrogen (secondary N) is 2. The number of para-hydroxylation sites is 1. The molecule has 0 unspecified atom stereocenters. The molecule has 0 bridgehead atoms. The van der Waals surface area contributed by atoms with Crippen LogP contribution in [0.15, 0.2) is 30.5 Å². The predicted molar refractivity (Wildman–Crippen MR) is 81.4 cm³/mol. The smallest absolute Gasteiger partial charge is 0.315 e. The van der Waals surface area contributed by atoms with Gasteiger partial charge in [-0.15, -0.1) is 0 Å². The number of nitro groups is 1. The number of nitro benzene ring substituents is 1. The number of aromatic nitrogens is 2. The van der Waals surface area contributed by atoms with E-state index in [4.69, 9.17) is 0 Å². The Kier molecular flexibility index (Phi) is 4.65. The van der Waals surface area contributed by atoms with Crippen LogP contribution in [0.1, 0.15) is 18.4 Å². The molecule has 7 nitrogen and oxygen atoms in total. The van der Waals surface area contributed by atoms with Crippen LogP contribution >= 0.6 is 0 Å². The molecular weight excluding hydrogens is 270 g/mol. The third-order valence-corrected chi connectivity index (χ3v) is 2.88. The molecule has 2 aromatic rings. The average Bonchev–Trinajstić information content (AvgIpc) is 2.45. The van der Waals surface area contributed by atoms with Gasteiger partial charge >= 0.3 is 5.69 Å². The summed E-state index contributed by atoms with van der Waals surface area (Å²) >= 11 is 0. The molecule has 0 spiro atoms. The second-order valence-corrected chi connectivity index (χ2v) is 4.44. The molecule has 0 saturated carbocycles. The fourth-order valence-corrected chi connectivity index (χ4v) is 2.01. The number of anilines is 2. The molecule has 7 heteroatoms. The maximum atomic E-state index is 11.3. The minimum Gasteiger partial charge on any atom is -0.380 e. The van der Waals surface area contributed by atoms with Crippen molar-refractivity contribution in [3.63, 3.8) is 0 Å². The summed E-state index contributed by atoms with van der Waals surface area (Å²) in [6, 6.07) is 6.94. The Bertz CT molecular complexity index is 645. The number of hydrogen-bond acceptors (Lipinski definition) is 6. The summed E-state index contributed by atoms with van der Waals surface area (Å²) in [5.41, 5.74) is 1.80. The topological polar surface area (TPSA) is 93.0 Å². The van der Waals surface area contributed by atoms with Crippen molar-refractivity contribution in [2.45, 2.75) is 20.4 Å². The standard InChI is InChI=1S/C14H17N5O2/c1-3-15-12-5-4-6-13(14(12)19(20)21)17-9-11-7-8-16-10(2)18-11/h4-8,15,17H,3,9H2,1-2H3.